The molecule has 0 saturated heterocycles. The molecule has 0 bridgehead atoms. The number of nitrogens with zero attached hydrogens (tertiary/aromatic N) is 1. The summed E-state index contributed by atoms with van der Waals surface area (Å²) < 4.78 is 0. The van der Waals surface area contributed by atoms with Gasteiger partial charge in [-0.3, -0.25) is 0 Å². The van der Waals surface area contributed by atoms with Crippen molar-refractivity contribution < 1.29 is 5.11 Å². The van der Waals surface area contributed by atoms with E-state index < -0.39 is 6.10 Å². The second-order valence-electron chi connectivity index (χ2n) is 4.91. The summed E-state index contributed by atoms with van der Waals surface area (Å²) in [4.78, 5) is 5.77. The Balaban J connectivity index is 2.62. The van der Waals surface area contributed by atoms with Crippen LogP contribution in [0, 0.1) is 27.7 Å². The van der Waals surface area contributed by atoms with Gasteiger partial charge in [0.25, 0.3) is 0 Å². The number of benzene rings is 1. The highest BCUT2D eigenvalue weighted by Crippen LogP contribution is 2.34. The number of thiazole rings is 1. The van der Waals surface area contributed by atoms with E-state index in [1.54, 1.807) is 18.3 Å². The van der Waals surface area contributed by atoms with Gasteiger partial charge in [-0.05, 0) is 45.7 Å². The summed E-state index contributed by atoms with van der Waals surface area (Å²) in [5.74, 6) is 0. The summed E-state index contributed by atoms with van der Waals surface area (Å²) in [5.41, 5.74) is 6.00. The van der Waals surface area contributed by atoms with Crippen LogP contribution in [0.15, 0.2) is 12.1 Å². The van der Waals surface area contributed by atoms with E-state index in [1.165, 1.54) is 27.1 Å². The molecule has 1 N–H and O–H groups in total. The minimum absolute atomic E-state index is 0.492. The number of rotatable bonds is 2. The Morgan fingerprint density at radius 2 is 1.67 bits per heavy atom. The zero-order valence-corrected chi connectivity index (χ0v) is 12.4. The zero-order chi connectivity index (χ0) is 13.4. The lowest BCUT2D eigenvalue weighted by Crippen LogP contribution is -1.93. The SMILES string of the molecule is Cc1cc(C)c(-c2nc(C(C)O)sc2C)c(C)c1. The molecular weight excluding hydrogens is 242 g/mol. The Bertz CT molecular complexity index is 561. The molecule has 0 saturated carbocycles. The maximum atomic E-state index is 9.64. The predicted molar refractivity (Wildman–Crippen MR) is 77.1 cm³/mol. The van der Waals surface area contributed by atoms with Crippen molar-refractivity contribution in [3.8, 4) is 11.3 Å². The Kier molecular flexibility index (Phi) is 3.55. The van der Waals surface area contributed by atoms with Gasteiger partial charge in [0, 0.05) is 10.4 Å². The van der Waals surface area contributed by atoms with E-state index in [0.717, 1.165) is 10.7 Å². The van der Waals surface area contributed by atoms with Crippen molar-refractivity contribution in [2.75, 3.05) is 0 Å². The van der Waals surface area contributed by atoms with Gasteiger partial charge in [-0.15, -0.1) is 11.3 Å². The monoisotopic (exact) mass is 261 g/mol. The molecule has 0 aliphatic rings. The van der Waals surface area contributed by atoms with Gasteiger partial charge in [-0.1, -0.05) is 17.7 Å². The van der Waals surface area contributed by atoms with Gasteiger partial charge < -0.3 is 5.11 Å². The van der Waals surface area contributed by atoms with Crippen molar-refractivity contribution in [2.24, 2.45) is 0 Å². The lowest BCUT2D eigenvalue weighted by atomic mass is 9.97. The van der Waals surface area contributed by atoms with Crippen molar-refractivity contribution >= 4 is 11.3 Å². The molecule has 1 atom stereocenters. The molecule has 96 valence electrons. The van der Waals surface area contributed by atoms with E-state index in [9.17, 15) is 5.11 Å². The summed E-state index contributed by atoms with van der Waals surface area (Å²) in [6, 6.07) is 4.37. The van der Waals surface area contributed by atoms with Gasteiger partial charge in [-0.2, -0.15) is 0 Å². The smallest absolute Gasteiger partial charge is 0.122 e. The van der Waals surface area contributed by atoms with Crippen LogP contribution < -0.4 is 0 Å². The van der Waals surface area contributed by atoms with Crippen LogP contribution in [0.25, 0.3) is 11.3 Å². The van der Waals surface area contributed by atoms with Gasteiger partial charge in [0.2, 0.25) is 0 Å². The molecule has 3 heteroatoms. The highest BCUT2D eigenvalue weighted by molar-refractivity contribution is 7.12. The highest BCUT2D eigenvalue weighted by atomic mass is 32.1. The van der Waals surface area contributed by atoms with Gasteiger partial charge in [0.05, 0.1) is 5.69 Å². The lowest BCUT2D eigenvalue weighted by Gasteiger charge is -2.10. The van der Waals surface area contributed by atoms with Gasteiger partial charge in [0.1, 0.15) is 11.1 Å². The predicted octanol–water partition coefficient (Wildman–Crippen LogP) is 4.10. The first-order valence-electron chi connectivity index (χ1n) is 6.13. The fraction of sp³-hybridized carbons (Fsp3) is 0.400. The van der Waals surface area contributed by atoms with Crippen LogP contribution in [0.3, 0.4) is 0 Å². The molecular formula is C15H19NOS. The molecule has 1 heterocycles. The van der Waals surface area contributed by atoms with Crippen LogP contribution in [0.4, 0.5) is 0 Å². The lowest BCUT2D eigenvalue weighted by molar-refractivity contribution is 0.199. The number of hydrogen-bond donors (Lipinski definition) is 1. The fourth-order valence-corrected chi connectivity index (χ4v) is 3.25. The Hall–Kier alpha value is -1.19. The second kappa shape index (κ2) is 4.82. The van der Waals surface area contributed by atoms with E-state index in [4.69, 9.17) is 0 Å². The van der Waals surface area contributed by atoms with Gasteiger partial charge >= 0.3 is 0 Å². The van der Waals surface area contributed by atoms with Gasteiger partial charge in [-0.25, -0.2) is 4.98 Å². The molecule has 0 fully saturated rings. The summed E-state index contributed by atoms with van der Waals surface area (Å²) in [6.45, 7) is 10.2. The molecule has 18 heavy (non-hydrogen) atoms. The van der Waals surface area contributed by atoms with E-state index in [2.05, 4.69) is 44.8 Å². The third-order valence-corrected chi connectivity index (χ3v) is 4.23. The molecule has 0 amide bonds. The molecule has 1 aromatic carbocycles. The quantitative estimate of drug-likeness (QED) is 0.883. The number of aliphatic hydroxyl groups is 1. The van der Waals surface area contributed by atoms with Crippen molar-refractivity contribution in [3.63, 3.8) is 0 Å². The van der Waals surface area contributed by atoms with Crippen molar-refractivity contribution in [3.05, 3.63) is 38.7 Å². The number of hydrogen-bond acceptors (Lipinski definition) is 3. The van der Waals surface area contributed by atoms with E-state index in [-0.39, 0.29) is 0 Å². The van der Waals surface area contributed by atoms with Gasteiger partial charge in [0.15, 0.2) is 0 Å². The minimum Gasteiger partial charge on any atom is -0.386 e. The van der Waals surface area contributed by atoms with Crippen molar-refractivity contribution in [2.45, 2.75) is 40.7 Å². The molecule has 2 aromatic rings. The number of aliphatic hydroxyl groups excluding tert-OH is 1. The standard InChI is InChI=1S/C15H19NOS/c1-8-6-9(2)13(10(3)7-8)14-12(5)18-15(16-14)11(4)17/h6-7,11,17H,1-5H3. The van der Waals surface area contributed by atoms with Crippen LogP contribution in [0.2, 0.25) is 0 Å². The van der Waals surface area contributed by atoms with E-state index in [0.29, 0.717) is 0 Å². The molecule has 0 aliphatic heterocycles. The van der Waals surface area contributed by atoms with Crippen molar-refractivity contribution in [1.82, 2.24) is 4.98 Å². The molecule has 2 rings (SSSR count). The minimum atomic E-state index is -0.492. The number of aromatic nitrogens is 1. The molecule has 1 aromatic heterocycles. The maximum Gasteiger partial charge on any atom is 0.122 e. The van der Waals surface area contributed by atoms with E-state index >= 15 is 0 Å². The van der Waals surface area contributed by atoms with Crippen LogP contribution >= 0.6 is 11.3 Å². The van der Waals surface area contributed by atoms with Crippen molar-refractivity contribution in [1.29, 1.82) is 0 Å². The highest BCUT2D eigenvalue weighted by Gasteiger charge is 2.16. The van der Waals surface area contributed by atoms with E-state index in [1.807, 2.05) is 0 Å². The zero-order valence-electron chi connectivity index (χ0n) is 11.5. The second-order valence-corrected chi connectivity index (χ2v) is 6.14. The molecule has 0 spiro atoms. The first-order valence-corrected chi connectivity index (χ1v) is 6.95. The first-order chi connectivity index (χ1) is 8.40. The fourth-order valence-electron chi connectivity index (χ4n) is 2.38. The largest absolute Gasteiger partial charge is 0.386 e. The molecule has 2 nitrogen and oxygen atoms in total. The summed E-state index contributed by atoms with van der Waals surface area (Å²) in [5, 5.41) is 10.4. The topological polar surface area (TPSA) is 33.1 Å². The Morgan fingerprint density at radius 1 is 1.11 bits per heavy atom. The summed E-state index contributed by atoms with van der Waals surface area (Å²) in [7, 11) is 0. The third kappa shape index (κ3) is 2.33. The van der Waals surface area contributed by atoms with Crippen LogP contribution in [-0.2, 0) is 0 Å². The molecule has 0 radical (unpaired) electrons. The van der Waals surface area contributed by atoms with Crippen LogP contribution in [0.1, 0.15) is 39.6 Å². The van der Waals surface area contributed by atoms with Crippen LogP contribution in [0.5, 0.6) is 0 Å². The molecule has 1 unspecified atom stereocenters. The summed E-state index contributed by atoms with van der Waals surface area (Å²) in [6.07, 6.45) is -0.492. The number of aryl methyl sites for hydroxylation is 4. The Morgan fingerprint density at radius 3 is 2.11 bits per heavy atom. The maximum absolute atomic E-state index is 9.64. The summed E-state index contributed by atoms with van der Waals surface area (Å²) >= 11 is 1.58. The average molecular weight is 261 g/mol. The average Bonchev–Trinajstić information content (AvgIpc) is 2.59. The molecule has 0 aliphatic carbocycles. The normalized spacial score (nSPS) is 12.8. The third-order valence-electron chi connectivity index (χ3n) is 3.08. The first kappa shape index (κ1) is 13.2. The Labute approximate surface area is 112 Å². The van der Waals surface area contributed by atoms with Crippen LogP contribution in [-0.4, -0.2) is 10.1 Å².